The Balaban J connectivity index is 2.62. The zero-order valence-corrected chi connectivity index (χ0v) is 10.4. The third-order valence-electron chi connectivity index (χ3n) is 1.83. The van der Waals surface area contributed by atoms with E-state index in [0.717, 1.165) is 12.3 Å². The van der Waals surface area contributed by atoms with Crippen molar-refractivity contribution >= 4 is 12.3 Å². The van der Waals surface area contributed by atoms with E-state index in [2.05, 4.69) is 9.78 Å². The smallest absolute Gasteiger partial charge is 0.355 e. The van der Waals surface area contributed by atoms with Gasteiger partial charge in [0.05, 0.1) is 6.42 Å². The van der Waals surface area contributed by atoms with Crippen molar-refractivity contribution in [3.63, 3.8) is 0 Å². The molecule has 0 radical (unpaired) electrons. The maximum atomic E-state index is 11.4. The first-order chi connectivity index (χ1) is 8.31. The molecule has 0 saturated heterocycles. The molecule has 0 bridgehead atoms. The average Bonchev–Trinajstić information content (AvgIpc) is 2.25. The van der Waals surface area contributed by atoms with Crippen LogP contribution in [-0.4, -0.2) is 12.3 Å². The maximum Gasteiger partial charge on any atom is 0.355 e. The molecule has 0 fully saturated rings. The average molecular weight is 254 g/mol. The van der Waals surface area contributed by atoms with Crippen LogP contribution < -0.4 is 10.3 Å². The van der Waals surface area contributed by atoms with E-state index in [9.17, 15) is 14.4 Å². The Morgan fingerprint density at radius 3 is 2.61 bits per heavy atom. The predicted molar refractivity (Wildman–Crippen MR) is 61.2 cm³/mol. The monoisotopic (exact) mass is 254 g/mol. The standard InChI is InChI=1S/C12H14O6/c1-12(2,3)5-11(15)18-17-10-7-16-8(6-13)4-9(10)14/h4,6-7H,5H2,1-3H3. The molecular weight excluding hydrogens is 240 g/mol. The van der Waals surface area contributed by atoms with Gasteiger partial charge in [-0.1, -0.05) is 20.8 Å². The quantitative estimate of drug-likeness (QED) is 0.462. The summed E-state index contributed by atoms with van der Waals surface area (Å²) in [6.45, 7) is 5.59. The zero-order valence-electron chi connectivity index (χ0n) is 10.4. The lowest BCUT2D eigenvalue weighted by Crippen LogP contribution is -2.18. The molecule has 1 aromatic rings. The van der Waals surface area contributed by atoms with E-state index in [1.165, 1.54) is 0 Å². The molecule has 1 aromatic heterocycles. The van der Waals surface area contributed by atoms with Crippen molar-refractivity contribution in [1.29, 1.82) is 0 Å². The van der Waals surface area contributed by atoms with E-state index in [1.807, 2.05) is 20.8 Å². The minimum absolute atomic E-state index is 0.131. The molecular formula is C12H14O6. The Bertz CT molecular complexity index is 494. The molecule has 6 nitrogen and oxygen atoms in total. The second-order valence-corrected chi connectivity index (χ2v) is 4.90. The lowest BCUT2D eigenvalue weighted by Gasteiger charge is -2.15. The third-order valence-corrected chi connectivity index (χ3v) is 1.83. The van der Waals surface area contributed by atoms with Crippen LogP contribution in [0.25, 0.3) is 0 Å². The first-order valence-corrected chi connectivity index (χ1v) is 5.27. The highest BCUT2D eigenvalue weighted by Gasteiger charge is 2.19. The van der Waals surface area contributed by atoms with Crippen LogP contribution in [0.3, 0.4) is 0 Å². The van der Waals surface area contributed by atoms with Crippen molar-refractivity contribution in [3.05, 3.63) is 28.3 Å². The lowest BCUT2D eigenvalue weighted by molar-refractivity contribution is -0.216. The van der Waals surface area contributed by atoms with Gasteiger partial charge in [-0.05, 0) is 5.41 Å². The molecule has 0 aliphatic heterocycles. The summed E-state index contributed by atoms with van der Waals surface area (Å²) in [6, 6.07) is 0.944. The predicted octanol–water partition coefficient (Wildman–Crippen LogP) is 1.73. The van der Waals surface area contributed by atoms with Crippen LogP contribution in [-0.2, 0) is 9.68 Å². The third kappa shape index (κ3) is 4.40. The van der Waals surface area contributed by atoms with Crippen molar-refractivity contribution in [2.75, 3.05) is 0 Å². The second-order valence-electron chi connectivity index (χ2n) is 4.90. The van der Waals surface area contributed by atoms with Crippen molar-refractivity contribution in [2.45, 2.75) is 27.2 Å². The van der Waals surface area contributed by atoms with Gasteiger partial charge in [-0.3, -0.25) is 19.4 Å². The molecule has 1 rings (SSSR count). The molecule has 0 spiro atoms. The Kier molecular flexibility index (Phi) is 4.25. The van der Waals surface area contributed by atoms with Crippen molar-refractivity contribution in [3.8, 4) is 5.75 Å². The van der Waals surface area contributed by atoms with Crippen LogP contribution in [0.5, 0.6) is 5.75 Å². The lowest BCUT2D eigenvalue weighted by atomic mass is 9.93. The molecule has 0 saturated carbocycles. The first kappa shape index (κ1) is 14.0. The normalized spacial score (nSPS) is 10.8. The summed E-state index contributed by atoms with van der Waals surface area (Å²) in [5.41, 5.74) is -0.848. The SMILES string of the molecule is CC(C)(C)CC(=O)OOc1coc(C=O)cc1=O. The Morgan fingerprint density at radius 2 is 2.11 bits per heavy atom. The number of aldehydes is 1. The van der Waals surface area contributed by atoms with Gasteiger partial charge >= 0.3 is 5.97 Å². The fraction of sp³-hybridized carbons (Fsp3) is 0.417. The van der Waals surface area contributed by atoms with Gasteiger partial charge in [-0.2, -0.15) is 0 Å². The van der Waals surface area contributed by atoms with Gasteiger partial charge in [0.25, 0.3) is 5.75 Å². The summed E-state index contributed by atoms with van der Waals surface area (Å²) in [5.74, 6) is -1.02. The fourth-order valence-corrected chi connectivity index (χ4v) is 1.09. The summed E-state index contributed by atoms with van der Waals surface area (Å²) in [7, 11) is 0. The maximum absolute atomic E-state index is 11.4. The van der Waals surface area contributed by atoms with E-state index in [-0.39, 0.29) is 23.3 Å². The van der Waals surface area contributed by atoms with Crippen LogP contribution >= 0.6 is 0 Å². The summed E-state index contributed by atoms with van der Waals surface area (Å²) >= 11 is 0. The summed E-state index contributed by atoms with van der Waals surface area (Å²) in [4.78, 5) is 42.1. The van der Waals surface area contributed by atoms with Crippen LogP contribution in [0.4, 0.5) is 0 Å². The van der Waals surface area contributed by atoms with E-state index in [1.54, 1.807) is 0 Å². The van der Waals surface area contributed by atoms with Gasteiger partial charge in [0.15, 0.2) is 12.0 Å². The van der Waals surface area contributed by atoms with E-state index in [4.69, 9.17) is 4.42 Å². The minimum atomic E-state index is -0.605. The number of hydrogen-bond acceptors (Lipinski definition) is 6. The summed E-state index contributed by atoms with van der Waals surface area (Å²) < 4.78 is 4.74. The highest BCUT2D eigenvalue weighted by molar-refractivity contribution is 5.70. The molecule has 98 valence electrons. The minimum Gasteiger partial charge on any atom is -0.457 e. The van der Waals surface area contributed by atoms with E-state index < -0.39 is 11.4 Å². The molecule has 0 aliphatic rings. The van der Waals surface area contributed by atoms with Gasteiger partial charge in [0.1, 0.15) is 6.26 Å². The summed E-state index contributed by atoms with van der Waals surface area (Å²) in [5, 5.41) is 0. The van der Waals surface area contributed by atoms with Crippen molar-refractivity contribution < 1.29 is 23.8 Å². The topological polar surface area (TPSA) is 82.8 Å². The zero-order chi connectivity index (χ0) is 13.8. The number of carbonyl (C=O) groups excluding carboxylic acids is 2. The number of hydrogen-bond donors (Lipinski definition) is 0. The molecule has 0 aromatic carbocycles. The largest absolute Gasteiger partial charge is 0.457 e. The van der Waals surface area contributed by atoms with Crippen molar-refractivity contribution in [1.82, 2.24) is 0 Å². The van der Waals surface area contributed by atoms with Gasteiger partial charge < -0.3 is 4.42 Å². The van der Waals surface area contributed by atoms with Gasteiger partial charge in [0.2, 0.25) is 5.43 Å². The highest BCUT2D eigenvalue weighted by Crippen LogP contribution is 2.19. The molecule has 0 atom stereocenters. The molecule has 0 aliphatic carbocycles. The van der Waals surface area contributed by atoms with Crippen molar-refractivity contribution in [2.24, 2.45) is 5.41 Å². The Labute approximate surface area is 103 Å². The van der Waals surface area contributed by atoms with E-state index in [0.29, 0.717) is 6.29 Å². The highest BCUT2D eigenvalue weighted by atomic mass is 17.2. The van der Waals surface area contributed by atoms with Gasteiger partial charge in [-0.15, -0.1) is 0 Å². The second kappa shape index (κ2) is 5.48. The molecule has 0 unspecified atom stereocenters. The fourth-order valence-electron chi connectivity index (χ4n) is 1.09. The van der Waals surface area contributed by atoms with Crippen LogP contribution in [0, 0.1) is 5.41 Å². The van der Waals surface area contributed by atoms with Gasteiger partial charge in [-0.25, -0.2) is 4.79 Å². The number of rotatable bonds is 4. The molecule has 0 N–H and O–H groups in total. The van der Waals surface area contributed by atoms with Crippen LogP contribution in [0.1, 0.15) is 37.7 Å². The first-order valence-electron chi connectivity index (χ1n) is 5.27. The molecule has 0 amide bonds. The molecule has 18 heavy (non-hydrogen) atoms. The number of carbonyl (C=O) groups is 2. The van der Waals surface area contributed by atoms with Crippen LogP contribution in [0.15, 0.2) is 21.5 Å². The Morgan fingerprint density at radius 1 is 1.44 bits per heavy atom. The Hall–Kier alpha value is -2.11. The molecule has 1 heterocycles. The van der Waals surface area contributed by atoms with Crippen LogP contribution in [0.2, 0.25) is 0 Å². The van der Waals surface area contributed by atoms with E-state index >= 15 is 0 Å². The molecule has 6 heteroatoms. The van der Waals surface area contributed by atoms with Gasteiger partial charge in [0, 0.05) is 6.07 Å². The summed E-state index contributed by atoms with van der Waals surface area (Å²) in [6.07, 6.45) is 1.44.